The van der Waals surface area contributed by atoms with E-state index in [1.165, 1.54) is 0 Å². The molecule has 2 aliphatic rings. The first kappa shape index (κ1) is 50.1. The molecule has 0 unspecified atom stereocenters. The summed E-state index contributed by atoms with van der Waals surface area (Å²) in [6.07, 6.45) is -7.53. The normalized spacial score (nSPS) is 24.4. The average molecular weight is 957 g/mol. The Balaban J connectivity index is 1.09. The Morgan fingerprint density at radius 3 is 0.972 bits per heavy atom. The summed E-state index contributed by atoms with van der Waals surface area (Å²) in [7, 11) is 0. The predicted molar refractivity (Wildman–Crippen MR) is 270 cm³/mol. The van der Waals surface area contributed by atoms with Crippen molar-refractivity contribution in [3.63, 3.8) is 0 Å². The fourth-order valence-electron chi connectivity index (χ4n) is 8.96. The Morgan fingerprint density at radius 2 is 0.592 bits per heavy atom. The van der Waals surface area contributed by atoms with Crippen LogP contribution >= 0.6 is 0 Å². The lowest BCUT2D eigenvalue weighted by Gasteiger charge is -2.50. The number of hydrogen-bond donors (Lipinski definition) is 0. The van der Waals surface area contributed by atoms with Gasteiger partial charge in [-0.25, -0.2) is 0 Å². The van der Waals surface area contributed by atoms with Gasteiger partial charge in [0.15, 0.2) is 12.6 Å². The Labute approximate surface area is 418 Å². The lowest BCUT2D eigenvalue weighted by Crippen LogP contribution is -2.65. The topological polar surface area (TPSA) is 92.3 Å². The van der Waals surface area contributed by atoms with Gasteiger partial charge in [-0.05, 0) is 45.9 Å². The van der Waals surface area contributed by atoms with E-state index in [0.29, 0.717) is 19.8 Å². The van der Waals surface area contributed by atoms with E-state index < -0.39 is 61.4 Å². The van der Waals surface area contributed by atoms with Crippen LogP contribution in [-0.4, -0.2) is 68.0 Å². The maximum atomic E-state index is 7.46. The largest absolute Gasteiger partial charge is 0.374 e. The van der Waals surface area contributed by atoms with E-state index in [0.717, 1.165) is 38.9 Å². The molecular formula is C61H64O10. The molecule has 0 spiro atoms. The highest BCUT2D eigenvalue weighted by Gasteiger charge is 2.54. The van der Waals surface area contributed by atoms with Crippen molar-refractivity contribution >= 4 is 0 Å². The molecule has 7 aromatic rings. The fourth-order valence-corrected chi connectivity index (χ4v) is 8.96. The SMILES string of the molecule is C[C@H]1O[C@H](O[C@H]2[C@H](OCc3ccccc3)[C@@H](OCc3ccccc3)[C@H](OCc3ccccc3)O[C@@H]2COCc2ccccc2)[C@H](OCc2ccccc2)[C@@H](OCc2ccccc2)[C@@H]1OCc1ccccc1. The lowest BCUT2D eigenvalue weighted by atomic mass is 9.96. The smallest absolute Gasteiger partial charge is 0.187 e. The molecule has 2 heterocycles. The standard InChI is InChI=1S/C61H64O10/c1-45-54(63-38-47-25-11-3-12-26-47)56(64-39-48-27-13-4-14-28-48)59(67-42-51-33-19-7-20-34-51)61(69-45)71-55-53(44-62-37-46-23-9-2-10-24-46)70-60(68-43-52-35-21-8-22-36-52)58(66-41-50-31-17-6-18-32-50)57(55)65-40-49-29-15-5-16-30-49/h2-36,45,53-61H,37-44H2,1H3/t45-,53-,54-,55-,56+,57+,58-,59-,60-,61-/m1/s1. The molecule has 2 saturated heterocycles. The zero-order valence-corrected chi connectivity index (χ0v) is 40.2. The Bertz CT molecular complexity index is 2530. The van der Waals surface area contributed by atoms with Crippen molar-refractivity contribution in [2.24, 2.45) is 0 Å². The van der Waals surface area contributed by atoms with Gasteiger partial charge in [0.25, 0.3) is 0 Å². The van der Waals surface area contributed by atoms with E-state index in [4.69, 9.17) is 47.4 Å². The molecule has 10 heteroatoms. The molecule has 0 aliphatic carbocycles. The molecule has 10 atom stereocenters. The van der Waals surface area contributed by atoms with Crippen molar-refractivity contribution in [1.82, 2.24) is 0 Å². The van der Waals surface area contributed by atoms with Gasteiger partial charge >= 0.3 is 0 Å². The highest BCUT2D eigenvalue weighted by molar-refractivity contribution is 5.19. The molecule has 7 aromatic carbocycles. The Hall–Kier alpha value is -5.86. The van der Waals surface area contributed by atoms with Crippen LogP contribution in [0.4, 0.5) is 0 Å². The Morgan fingerprint density at radius 1 is 0.296 bits per heavy atom. The summed E-state index contributed by atoms with van der Waals surface area (Å²) in [5.74, 6) is 0. The molecule has 0 aromatic heterocycles. The van der Waals surface area contributed by atoms with Crippen LogP contribution in [0.5, 0.6) is 0 Å². The second-order valence-corrected chi connectivity index (χ2v) is 18.0. The van der Waals surface area contributed by atoms with Crippen LogP contribution in [0.2, 0.25) is 0 Å². The summed E-state index contributed by atoms with van der Waals surface area (Å²) in [6.45, 7) is 4.19. The molecule has 2 fully saturated rings. The summed E-state index contributed by atoms with van der Waals surface area (Å²) < 4.78 is 69.7. The van der Waals surface area contributed by atoms with Gasteiger partial charge in [0.1, 0.15) is 42.7 Å². The summed E-state index contributed by atoms with van der Waals surface area (Å²) in [4.78, 5) is 0. The highest BCUT2D eigenvalue weighted by atomic mass is 16.8. The van der Waals surface area contributed by atoms with Crippen molar-refractivity contribution in [2.45, 2.75) is 115 Å². The van der Waals surface area contributed by atoms with Gasteiger partial charge in [-0.1, -0.05) is 212 Å². The lowest BCUT2D eigenvalue weighted by molar-refractivity contribution is -0.375. The first-order chi connectivity index (χ1) is 35.1. The van der Waals surface area contributed by atoms with Gasteiger partial charge in [-0.3, -0.25) is 0 Å². The van der Waals surface area contributed by atoms with Gasteiger partial charge < -0.3 is 47.4 Å². The molecule has 10 nitrogen and oxygen atoms in total. The molecule has 0 radical (unpaired) electrons. The zero-order valence-electron chi connectivity index (χ0n) is 40.2. The minimum absolute atomic E-state index is 0.135. The highest BCUT2D eigenvalue weighted by Crippen LogP contribution is 2.37. The van der Waals surface area contributed by atoms with Gasteiger partial charge in [0.2, 0.25) is 0 Å². The van der Waals surface area contributed by atoms with E-state index in [2.05, 4.69) is 24.3 Å². The second-order valence-electron chi connectivity index (χ2n) is 18.0. The molecule has 71 heavy (non-hydrogen) atoms. The van der Waals surface area contributed by atoms with E-state index in [1.54, 1.807) is 0 Å². The van der Waals surface area contributed by atoms with Crippen LogP contribution in [0.15, 0.2) is 212 Å². The predicted octanol–water partition coefficient (Wildman–Crippen LogP) is 11.2. The molecule has 0 amide bonds. The van der Waals surface area contributed by atoms with Gasteiger partial charge in [-0.2, -0.15) is 0 Å². The molecule has 368 valence electrons. The molecule has 0 N–H and O–H groups in total. The maximum absolute atomic E-state index is 7.46. The average Bonchev–Trinajstić information content (AvgIpc) is 3.43. The molecule has 0 bridgehead atoms. The van der Waals surface area contributed by atoms with Gasteiger partial charge in [-0.15, -0.1) is 0 Å². The van der Waals surface area contributed by atoms with E-state index >= 15 is 0 Å². The Kier molecular flexibility index (Phi) is 18.7. The van der Waals surface area contributed by atoms with Crippen LogP contribution in [-0.2, 0) is 93.6 Å². The second kappa shape index (κ2) is 26.5. The monoisotopic (exact) mass is 956 g/mol. The summed E-state index contributed by atoms with van der Waals surface area (Å²) in [5, 5.41) is 0. The third-order valence-electron chi connectivity index (χ3n) is 12.7. The fraction of sp³-hybridized carbons (Fsp3) is 0.311. The third-order valence-corrected chi connectivity index (χ3v) is 12.7. The van der Waals surface area contributed by atoms with Crippen LogP contribution in [0.25, 0.3) is 0 Å². The zero-order chi connectivity index (χ0) is 48.3. The first-order valence-corrected chi connectivity index (χ1v) is 24.6. The van der Waals surface area contributed by atoms with Crippen molar-refractivity contribution in [1.29, 1.82) is 0 Å². The van der Waals surface area contributed by atoms with Crippen molar-refractivity contribution < 1.29 is 47.4 Å². The quantitative estimate of drug-likeness (QED) is 0.0583. The molecule has 9 rings (SSSR count). The van der Waals surface area contributed by atoms with Crippen molar-refractivity contribution in [3.8, 4) is 0 Å². The van der Waals surface area contributed by atoms with Crippen LogP contribution in [0, 0.1) is 0 Å². The van der Waals surface area contributed by atoms with E-state index in [1.807, 2.05) is 195 Å². The molecular weight excluding hydrogens is 893 g/mol. The number of rotatable bonds is 24. The summed E-state index contributed by atoms with van der Waals surface area (Å²) in [6, 6.07) is 70.6. The van der Waals surface area contributed by atoms with E-state index in [-0.39, 0.29) is 33.0 Å². The van der Waals surface area contributed by atoms with Crippen molar-refractivity contribution in [2.75, 3.05) is 6.61 Å². The van der Waals surface area contributed by atoms with Crippen LogP contribution < -0.4 is 0 Å². The number of benzene rings is 7. The molecule has 0 saturated carbocycles. The third kappa shape index (κ3) is 14.6. The van der Waals surface area contributed by atoms with Crippen molar-refractivity contribution in [3.05, 3.63) is 251 Å². The summed E-state index contributed by atoms with van der Waals surface area (Å²) in [5.41, 5.74) is 7.01. The minimum atomic E-state index is -1.00. The van der Waals surface area contributed by atoms with Gasteiger partial charge in [0, 0.05) is 0 Å². The van der Waals surface area contributed by atoms with Crippen LogP contribution in [0.3, 0.4) is 0 Å². The summed E-state index contributed by atoms with van der Waals surface area (Å²) >= 11 is 0. The van der Waals surface area contributed by atoms with Crippen LogP contribution in [0.1, 0.15) is 45.9 Å². The maximum Gasteiger partial charge on any atom is 0.187 e. The molecule has 2 aliphatic heterocycles. The van der Waals surface area contributed by atoms with Gasteiger partial charge in [0.05, 0.1) is 59.0 Å². The first-order valence-electron chi connectivity index (χ1n) is 24.6. The number of hydrogen-bond acceptors (Lipinski definition) is 10. The number of ether oxygens (including phenoxy) is 10. The minimum Gasteiger partial charge on any atom is -0.374 e. The van der Waals surface area contributed by atoms with E-state index in [9.17, 15) is 0 Å².